The quantitative estimate of drug-likeness (QED) is 0.115. The first-order chi connectivity index (χ1) is 27.9. The fourth-order valence-electron chi connectivity index (χ4n) is 7.68. The van der Waals surface area contributed by atoms with Gasteiger partial charge in [-0.25, -0.2) is 9.97 Å². The van der Waals surface area contributed by atoms with Crippen molar-refractivity contribution in [3.63, 3.8) is 0 Å². The number of para-hydroxylation sites is 1. The highest BCUT2D eigenvalue weighted by Crippen LogP contribution is 2.34. The number of anilines is 3. The SMILES string of the molecule is Cc1c(-c2ccc(N3CCc4cccc(C(=O)Nc5nc6ccccc6s5)c4C3)nc2C(=O)NSc2ccc(N3CCC(C(=O)O)CC3)cc2)cnn1CC(C)(C)C. The Morgan fingerprint density at radius 2 is 1.66 bits per heavy atom. The molecule has 2 aliphatic heterocycles. The van der Waals surface area contributed by atoms with E-state index in [-0.39, 0.29) is 28.8 Å². The molecule has 0 saturated carbocycles. The molecule has 0 radical (unpaired) electrons. The number of piperidine rings is 1. The number of pyridine rings is 1. The predicted octanol–water partition coefficient (Wildman–Crippen LogP) is 8.46. The van der Waals surface area contributed by atoms with E-state index in [4.69, 9.17) is 10.1 Å². The molecule has 3 aromatic heterocycles. The number of hydrogen-bond donors (Lipinski definition) is 3. The minimum Gasteiger partial charge on any atom is -0.481 e. The van der Waals surface area contributed by atoms with Gasteiger partial charge in [0.2, 0.25) is 0 Å². The lowest BCUT2D eigenvalue weighted by molar-refractivity contribution is -0.142. The molecule has 2 aliphatic rings. The van der Waals surface area contributed by atoms with Gasteiger partial charge in [0.1, 0.15) is 11.5 Å². The molecule has 1 fully saturated rings. The van der Waals surface area contributed by atoms with Gasteiger partial charge in [-0.2, -0.15) is 5.10 Å². The van der Waals surface area contributed by atoms with Crippen molar-refractivity contribution in [2.24, 2.45) is 11.3 Å². The van der Waals surface area contributed by atoms with Crippen molar-refractivity contribution >= 4 is 67.9 Å². The normalized spacial score (nSPS) is 14.7. The smallest absolute Gasteiger partial charge is 0.306 e. The van der Waals surface area contributed by atoms with Gasteiger partial charge in [0.25, 0.3) is 11.8 Å². The van der Waals surface area contributed by atoms with Crippen molar-refractivity contribution in [2.75, 3.05) is 34.8 Å². The number of thiazole rings is 1. The molecule has 0 spiro atoms. The monoisotopic (exact) mass is 814 g/mol. The van der Waals surface area contributed by atoms with E-state index in [1.165, 1.54) is 23.3 Å². The number of nitrogens with one attached hydrogen (secondary N) is 2. The second-order valence-corrected chi connectivity index (χ2v) is 18.0. The van der Waals surface area contributed by atoms with E-state index < -0.39 is 5.97 Å². The largest absolute Gasteiger partial charge is 0.481 e. The van der Waals surface area contributed by atoms with E-state index in [1.807, 2.05) is 90.6 Å². The van der Waals surface area contributed by atoms with Crippen LogP contribution < -0.4 is 19.8 Å². The van der Waals surface area contributed by atoms with Crippen LogP contribution in [0, 0.1) is 18.3 Å². The van der Waals surface area contributed by atoms with Crippen LogP contribution in [0.4, 0.5) is 16.6 Å². The molecule has 5 heterocycles. The van der Waals surface area contributed by atoms with Crippen molar-refractivity contribution in [1.82, 2.24) is 24.5 Å². The zero-order chi connectivity index (χ0) is 40.6. The van der Waals surface area contributed by atoms with E-state index >= 15 is 0 Å². The Kier molecular flexibility index (Phi) is 11.0. The topological polar surface area (TPSA) is 146 Å². The molecular formula is C44H46N8O4S2. The number of nitrogens with zero attached hydrogens (tertiary/aromatic N) is 6. The molecule has 3 aromatic carbocycles. The van der Waals surface area contributed by atoms with Gasteiger partial charge >= 0.3 is 5.97 Å². The first kappa shape index (κ1) is 39.1. The summed E-state index contributed by atoms with van der Waals surface area (Å²) in [5, 5.41) is 17.7. The number of amides is 2. The van der Waals surface area contributed by atoms with Crippen molar-refractivity contribution in [3.8, 4) is 11.1 Å². The summed E-state index contributed by atoms with van der Waals surface area (Å²) >= 11 is 2.67. The Morgan fingerprint density at radius 1 is 0.879 bits per heavy atom. The van der Waals surface area contributed by atoms with Crippen molar-refractivity contribution in [1.29, 1.82) is 0 Å². The second-order valence-electron chi connectivity index (χ2n) is 16.1. The van der Waals surface area contributed by atoms with E-state index in [1.54, 1.807) is 0 Å². The molecule has 0 unspecified atom stereocenters. The van der Waals surface area contributed by atoms with Crippen LogP contribution >= 0.6 is 23.3 Å². The number of carboxylic acid groups (broad SMARTS) is 1. The van der Waals surface area contributed by atoms with Crippen LogP contribution in [0.2, 0.25) is 0 Å². The summed E-state index contributed by atoms with van der Waals surface area (Å²) < 4.78 is 6.03. The lowest BCUT2D eigenvalue weighted by Crippen LogP contribution is -2.36. The lowest BCUT2D eigenvalue weighted by Gasteiger charge is -2.32. The van der Waals surface area contributed by atoms with Crippen molar-refractivity contribution in [2.45, 2.75) is 64.9 Å². The van der Waals surface area contributed by atoms with Gasteiger partial charge in [0.15, 0.2) is 5.13 Å². The first-order valence-electron chi connectivity index (χ1n) is 19.5. The second kappa shape index (κ2) is 16.3. The van der Waals surface area contributed by atoms with Gasteiger partial charge in [-0.3, -0.25) is 29.1 Å². The molecule has 8 rings (SSSR count). The predicted molar refractivity (Wildman–Crippen MR) is 231 cm³/mol. The number of hydrogen-bond acceptors (Lipinski definition) is 10. The molecule has 1 saturated heterocycles. The molecular weight excluding hydrogens is 769 g/mol. The molecule has 58 heavy (non-hydrogen) atoms. The maximum absolute atomic E-state index is 14.2. The van der Waals surface area contributed by atoms with E-state index in [9.17, 15) is 19.5 Å². The van der Waals surface area contributed by atoms with Crippen LogP contribution in [0.1, 0.15) is 71.3 Å². The van der Waals surface area contributed by atoms with Crippen molar-refractivity contribution in [3.05, 3.63) is 113 Å². The molecule has 6 aromatic rings. The number of carbonyl (C=O) groups is 3. The number of rotatable bonds is 10. The summed E-state index contributed by atoms with van der Waals surface area (Å²) in [4.78, 5) is 54.2. The third-order valence-electron chi connectivity index (χ3n) is 10.8. The summed E-state index contributed by atoms with van der Waals surface area (Å²) in [6, 6.07) is 25.5. The molecule has 14 heteroatoms. The van der Waals surface area contributed by atoms with E-state index in [0.29, 0.717) is 67.5 Å². The summed E-state index contributed by atoms with van der Waals surface area (Å²) in [5.74, 6) is -0.923. The third kappa shape index (κ3) is 8.44. The molecule has 0 atom stereocenters. The van der Waals surface area contributed by atoms with Crippen LogP contribution in [-0.4, -0.2) is 62.3 Å². The maximum Gasteiger partial charge on any atom is 0.306 e. The van der Waals surface area contributed by atoms with Crippen LogP contribution in [0.5, 0.6) is 0 Å². The average molecular weight is 815 g/mol. The van der Waals surface area contributed by atoms with Gasteiger partial charge in [-0.05, 0) is 109 Å². The summed E-state index contributed by atoms with van der Waals surface area (Å²) in [5.41, 5.74) is 7.26. The highest BCUT2D eigenvalue weighted by Gasteiger charge is 2.28. The van der Waals surface area contributed by atoms with Gasteiger partial charge in [-0.15, -0.1) is 0 Å². The minimum absolute atomic E-state index is 0.00610. The minimum atomic E-state index is -0.726. The van der Waals surface area contributed by atoms with Gasteiger partial charge in [0, 0.05) is 65.7 Å². The average Bonchev–Trinajstić information content (AvgIpc) is 3.80. The summed E-state index contributed by atoms with van der Waals surface area (Å²) in [6.45, 7) is 11.7. The number of carboxylic acids is 1. The van der Waals surface area contributed by atoms with Gasteiger partial charge < -0.3 is 14.9 Å². The number of aliphatic carboxylic acids is 1. The summed E-state index contributed by atoms with van der Waals surface area (Å²) in [6.07, 6.45) is 3.77. The number of benzene rings is 3. The number of aromatic nitrogens is 4. The van der Waals surface area contributed by atoms with E-state index in [0.717, 1.165) is 49.7 Å². The Labute approximate surface area is 345 Å². The lowest BCUT2D eigenvalue weighted by atomic mass is 9.94. The Morgan fingerprint density at radius 3 is 2.40 bits per heavy atom. The zero-order valence-corrected chi connectivity index (χ0v) is 34.6. The van der Waals surface area contributed by atoms with Crippen LogP contribution in [0.3, 0.4) is 0 Å². The number of carbonyl (C=O) groups excluding carboxylic acids is 2. The van der Waals surface area contributed by atoms with Gasteiger partial charge in [0.05, 0.1) is 22.3 Å². The molecule has 298 valence electrons. The standard InChI is InChI=1S/C44H46N8O4S2/c1-27-34(24-45-52(27)26-44(2,3)4)32-16-17-38(47-39(32)41(54)49-58-31-14-12-30(13-15-31)50-21-19-29(20-22-50)42(55)56)51-23-18-28-8-7-9-33(35(28)25-51)40(53)48-43-46-36-10-5-6-11-37(36)57-43/h5-17,24,29H,18-23,25-26H2,1-4H3,(H,49,54)(H,55,56)(H,46,48,53). The van der Waals surface area contributed by atoms with Crippen LogP contribution in [0.25, 0.3) is 21.3 Å². The Hall–Kier alpha value is -5.73. The fourth-order valence-corrected chi connectivity index (χ4v) is 9.12. The maximum atomic E-state index is 14.2. The van der Waals surface area contributed by atoms with Crippen LogP contribution in [0.15, 0.2) is 90.0 Å². The molecule has 12 nitrogen and oxygen atoms in total. The van der Waals surface area contributed by atoms with Crippen LogP contribution in [-0.2, 0) is 24.3 Å². The van der Waals surface area contributed by atoms with E-state index in [2.05, 4.69) is 51.7 Å². The zero-order valence-electron chi connectivity index (χ0n) is 33.0. The molecule has 3 N–H and O–H groups in total. The van der Waals surface area contributed by atoms with Crippen molar-refractivity contribution < 1.29 is 19.5 Å². The first-order valence-corrected chi connectivity index (χ1v) is 21.1. The molecule has 0 aliphatic carbocycles. The molecule has 2 amide bonds. The molecule has 0 bridgehead atoms. The Bertz CT molecular complexity index is 2470. The highest BCUT2D eigenvalue weighted by atomic mass is 32.2. The summed E-state index contributed by atoms with van der Waals surface area (Å²) in [7, 11) is 0. The van der Waals surface area contributed by atoms with Gasteiger partial charge in [-0.1, -0.05) is 56.4 Å². The third-order valence-corrected chi connectivity index (χ3v) is 12.5. The number of fused-ring (bicyclic) bond motifs is 2. The fraction of sp³-hybridized carbons (Fsp3) is 0.318. The highest BCUT2D eigenvalue weighted by molar-refractivity contribution is 7.98. The Balaban J connectivity index is 1.04.